The highest BCUT2D eigenvalue weighted by Crippen LogP contribution is 2.28. The number of nitrogens with one attached hydrogen (secondary N) is 2. The Labute approximate surface area is 128 Å². The number of anilines is 2. The standard InChI is InChI=1S/C17H16N2O3/c1-10-5-11(2)7-13(6-10)18-17(21)12-3-4-15-14(8-12)19-16(20)9-22-15/h3-8H,9H2,1-2H3,(H,18,21)(H,19,20). The van der Waals surface area contributed by atoms with Gasteiger partial charge < -0.3 is 15.4 Å². The summed E-state index contributed by atoms with van der Waals surface area (Å²) in [7, 11) is 0. The maximum Gasteiger partial charge on any atom is 0.262 e. The fourth-order valence-corrected chi connectivity index (χ4v) is 2.47. The zero-order valence-electron chi connectivity index (χ0n) is 12.4. The summed E-state index contributed by atoms with van der Waals surface area (Å²) in [6.07, 6.45) is 0. The van der Waals surface area contributed by atoms with Crippen LogP contribution in [0, 0.1) is 13.8 Å². The first-order chi connectivity index (χ1) is 10.5. The van der Waals surface area contributed by atoms with Gasteiger partial charge in [0.05, 0.1) is 5.69 Å². The van der Waals surface area contributed by atoms with Crippen LogP contribution in [0.1, 0.15) is 21.5 Å². The molecule has 1 aliphatic heterocycles. The Morgan fingerprint density at radius 1 is 1.14 bits per heavy atom. The molecule has 0 saturated heterocycles. The van der Waals surface area contributed by atoms with Crippen LogP contribution < -0.4 is 15.4 Å². The van der Waals surface area contributed by atoms with Crippen LogP contribution in [0.15, 0.2) is 36.4 Å². The SMILES string of the molecule is Cc1cc(C)cc(NC(=O)c2ccc3c(c2)NC(=O)CO3)c1. The Bertz CT molecular complexity index is 748. The van der Waals surface area contributed by atoms with Crippen molar-refractivity contribution in [2.75, 3.05) is 17.2 Å². The molecule has 2 N–H and O–H groups in total. The van der Waals surface area contributed by atoms with Crippen molar-refractivity contribution in [3.05, 3.63) is 53.1 Å². The topological polar surface area (TPSA) is 67.4 Å². The lowest BCUT2D eigenvalue weighted by atomic mass is 10.1. The van der Waals surface area contributed by atoms with Crippen molar-refractivity contribution in [1.82, 2.24) is 0 Å². The van der Waals surface area contributed by atoms with Gasteiger partial charge in [0.2, 0.25) is 0 Å². The van der Waals surface area contributed by atoms with E-state index in [-0.39, 0.29) is 18.4 Å². The molecule has 0 bridgehead atoms. The summed E-state index contributed by atoms with van der Waals surface area (Å²) in [5.41, 5.74) is 3.90. The molecule has 0 radical (unpaired) electrons. The molecule has 0 aliphatic carbocycles. The second-order valence-electron chi connectivity index (χ2n) is 5.38. The van der Waals surface area contributed by atoms with Crippen molar-refractivity contribution >= 4 is 23.2 Å². The van der Waals surface area contributed by atoms with Gasteiger partial charge in [0.15, 0.2) is 6.61 Å². The molecule has 3 rings (SSSR count). The second kappa shape index (κ2) is 5.52. The first-order valence-corrected chi connectivity index (χ1v) is 6.97. The molecule has 2 amide bonds. The summed E-state index contributed by atoms with van der Waals surface area (Å²) in [6, 6.07) is 10.8. The van der Waals surface area contributed by atoms with E-state index in [0.717, 1.165) is 16.8 Å². The van der Waals surface area contributed by atoms with Crippen molar-refractivity contribution in [3.8, 4) is 5.75 Å². The van der Waals surface area contributed by atoms with Crippen LogP contribution in [0.3, 0.4) is 0 Å². The molecule has 0 fully saturated rings. The van der Waals surface area contributed by atoms with Gasteiger partial charge in [0.1, 0.15) is 5.75 Å². The lowest BCUT2D eigenvalue weighted by Gasteiger charge is -2.18. The van der Waals surface area contributed by atoms with E-state index in [9.17, 15) is 9.59 Å². The maximum atomic E-state index is 12.3. The number of hydrogen-bond acceptors (Lipinski definition) is 3. The van der Waals surface area contributed by atoms with Gasteiger partial charge in [-0.25, -0.2) is 0 Å². The lowest BCUT2D eigenvalue weighted by molar-refractivity contribution is -0.118. The molecule has 2 aromatic rings. The van der Waals surface area contributed by atoms with E-state index in [2.05, 4.69) is 10.6 Å². The second-order valence-corrected chi connectivity index (χ2v) is 5.38. The summed E-state index contributed by atoms with van der Waals surface area (Å²) >= 11 is 0. The normalized spacial score (nSPS) is 12.9. The number of hydrogen-bond donors (Lipinski definition) is 2. The van der Waals surface area contributed by atoms with Gasteiger partial charge in [0, 0.05) is 11.3 Å². The zero-order chi connectivity index (χ0) is 15.7. The van der Waals surface area contributed by atoms with Gasteiger partial charge in [-0.05, 0) is 55.3 Å². The number of aryl methyl sites for hydroxylation is 2. The first kappa shape index (κ1) is 14.1. The van der Waals surface area contributed by atoms with Crippen LogP contribution in [0.25, 0.3) is 0 Å². The van der Waals surface area contributed by atoms with E-state index < -0.39 is 0 Å². The molecule has 5 heteroatoms. The van der Waals surface area contributed by atoms with Crippen LogP contribution in [0.4, 0.5) is 11.4 Å². The number of carbonyl (C=O) groups is 2. The van der Waals surface area contributed by atoms with E-state index in [1.807, 2.05) is 32.0 Å². The minimum atomic E-state index is -0.229. The Morgan fingerprint density at radius 3 is 2.59 bits per heavy atom. The number of benzene rings is 2. The first-order valence-electron chi connectivity index (χ1n) is 6.97. The molecule has 1 aliphatic rings. The highest BCUT2D eigenvalue weighted by molar-refractivity contribution is 6.06. The molecule has 0 saturated carbocycles. The average Bonchev–Trinajstić information content (AvgIpc) is 2.45. The predicted molar refractivity (Wildman–Crippen MR) is 84.4 cm³/mol. The van der Waals surface area contributed by atoms with Crippen molar-refractivity contribution < 1.29 is 14.3 Å². The Balaban J connectivity index is 1.83. The van der Waals surface area contributed by atoms with Gasteiger partial charge in [0.25, 0.3) is 11.8 Å². The van der Waals surface area contributed by atoms with E-state index in [4.69, 9.17) is 4.74 Å². The molecule has 1 heterocycles. The number of carbonyl (C=O) groups excluding carboxylic acids is 2. The van der Waals surface area contributed by atoms with Crippen molar-refractivity contribution in [2.45, 2.75) is 13.8 Å². The molecule has 2 aromatic carbocycles. The van der Waals surface area contributed by atoms with Gasteiger partial charge in [-0.3, -0.25) is 9.59 Å². The minimum Gasteiger partial charge on any atom is -0.482 e. The van der Waals surface area contributed by atoms with Crippen LogP contribution in [-0.2, 0) is 4.79 Å². The molecular formula is C17H16N2O3. The smallest absolute Gasteiger partial charge is 0.262 e. The maximum absolute atomic E-state index is 12.3. The van der Waals surface area contributed by atoms with Crippen molar-refractivity contribution in [3.63, 3.8) is 0 Å². The fraction of sp³-hybridized carbons (Fsp3) is 0.176. The predicted octanol–water partition coefficient (Wildman–Crippen LogP) is 2.89. The van der Waals surface area contributed by atoms with Gasteiger partial charge in [-0.1, -0.05) is 6.07 Å². The number of rotatable bonds is 2. The van der Waals surface area contributed by atoms with Gasteiger partial charge in [-0.15, -0.1) is 0 Å². The Morgan fingerprint density at radius 2 is 1.86 bits per heavy atom. The van der Waals surface area contributed by atoms with Gasteiger partial charge >= 0.3 is 0 Å². The monoisotopic (exact) mass is 296 g/mol. The summed E-state index contributed by atoms with van der Waals surface area (Å²) in [5.74, 6) is 0.120. The largest absolute Gasteiger partial charge is 0.482 e. The molecule has 0 aromatic heterocycles. The fourth-order valence-electron chi connectivity index (χ4n) is 2.47. The highest BCUT2D eigenvalue weighted by atomic mass is 16.5. The molecule has 0 atom stereocenters. The van der Waals surface area contributed by atoms with Crippen molar-refractivity contribution in [1.29, 1.82) is 0 Å². The highest BCUT2D eigenvalue weighted by Gasteiger charge is 2.17. The van der Waals surface area contributed by atoms with Crippen molar-refractivity contribution in [2.24, 2.45) is 0 Å². The summed E-state index contributed by atoms with van der Waals surface area (Å²) < 4.78 is 5.28. The third-order valence-electron chi connectivity index (χ3n) is 3.35. The van der Waals surface area contributed by atoms with E-state index in [0.29, 0.717) is 17.0 Å². The summed E-state index contributed by atoms with van der Waals surface area (Å²) in [6.45, 7) is 3.96. The average molecular weight is 296 g/mol. The van der Waals surface area contributed by atoms with Gasteiger partial charge in [-0.2, -0.15) is 0 Å². The minimum absolute atomic E-state index is 0.00110. The molecule has 22 heavy (non-hydrogen) atoms. The molecule has 0 unspecified atom stereocenters. The molecule has 5 nitrogen and oxygen atoms in total. The van der Waals surface area contributed by atoms with Crippen LogP contribution in [-0.4, -0.2) is 18.4 Å². The Hall–Kier alpha value is -2.82. The lowest BCUT2D eigenvalue weighted by Crippen LogP contribution is -2.25. The molecular weight excluding hydrogens is 280 g/mol. The van der Waals surface area contributed by atoms with E-state index >= 15 is 0 Å². The van der Waals surface area contributed by atoms with Crippen LogP contribution >= 0.6 is 0 Å². The number of ether oxygens (including phenoxy) is 1. The Kier molecular flexibility index (Phi) is 3.55. The quantitative estimate of drug-likeness (QED) is 0.895. The molecule has 0 spiro atoms. The zero-order valence-corrected chi connectivity index (χ0v) is 12.4. The van der Waals surface area contributed by atoms with E-state index in [1.54, 1.807) is 18.2 Å². The summed E-state index contributed by atoms with van der Waals surface area (Å²) in [4.78, 5) is 23.7. The van der Waals surface area contributed by atoms with Crippen LogP contribution in [0.2, 0.25) is 0 Å². The summed E-state index contributed by atoms with van der Waals surface area (Å²) in [5, 5.41) is 5.56. The van der Waals surface area contributed by atoms with E-state index in [1.165, 1.54) is 0 Å². The molecule has 112 valence electrons. The van der Waals surface area contributed by atoms with Crippen LogP contribution in [0.5, 0.6) is 5.75 Å². The third kappa shape index (κ3) is 2.93. The number of amides is 2. The third-order valence-corrected chi connectivity index (χ3v) is 3.35. The number of fused-ring (bicyclic) bond motifs is 1.